The predicted octanol–water partition coefficient (Wildman–Crippen LogP) is 4.33. The van der Waals surface area contributed by atoms with E-state index in [9.17, 15) is 0 Å². The zero-order chi connectivity index (χ0) is 11.5. The number of benzene rings is 1. The van der Waals surface area contributed by atoms with E-state index in [1.807, 2.05) is 12.1 Å². The Hall–Kier alpha value is -0.710. The second-order valence-corrected chi connectivity index (χ2v) is 6.14. The van der Waals surface area contributed by atoms with Crippen LogP contribution in [0.4, 0.5) is 5.69 Å². The third kappa shape index (κ3) is 2.90. The highest BCUT2D eigenvalue weighted by Gasteiger charge is 2.03. The van der Waals surface area contributed by atoms with Crippen molar-refractivity contribution in [3.63, 3.8) is 0 Å². The Morgan fingerprint density at radius 3 is 2.81 bits per heavy atom. The number of rotatable bonds is 3. The minimum Gasteiger partial charge on any atom is -0.486 e. The first-order valence-electron chi connectivity index (χ1n) is 4.57. The molecule has 16 heavy (non-hydrogen) atoms. The van der Waals surface area contributed by atoms with Gasteiger partial charge in [-0.05, 0) is 40.2 Å². The second-order valence-electron chi connectivity index (χ2n) is 3.18. The van der Waals surface area contributed by atoms with Gasteiger partial charge in [-0.25, -0.2) is 0 Å². The standard InChI is InChI=1S/C11H9BrClNOS/c12-11-4-2-8(16-11)6-15-10-5-7(14)1-3-9(10)13/h1-5H,6,14H2. The maximum Gasteiger partial charge on any atom is 0.140 e. The van der Waals surface area contributed by atoms with Crippen molar-refractivity contribution in [2.45, 2.75) is 6.61 Å². The summed E-state index contributed by atoms with van der Waals surface area (Å²) in [4.78, 5) is 1.13. The lowest BCUT2D eigenvalue weighted by atomic mass is 10.3. The van der Waals surface area contributed by atoms with E-state index in [4.69, 9.17) is 22.1 Å². The van der Waals surface area contributed by atoms with Gasteiger partial charge in [-0.15, -0.1) is 11.3 Å². The summed E-state index contributed by atoms with van der Waals surface area (Å²) in [6.07, 6.45) is 0. The van der Waals surface area contributed by atoms with E-state index in [0.717, 1.165) is 8.66 Å². The molecule has 2 rings (SSSR count). The normalized spacial score (nSPS) is 10.4. The molecule has 0 amide bonds. The molecule has 0 aliphatic heterocycles. The molecule has 0 bridgehead atoms. The Morgan fingerprint density at radius 2 is 2.12 bits per heavy atom. The molecule has 5 heteroatoms. The van der Waals surface area contributed by atoms with E-state index in [2.05, 4.69) is 15.9 Å². The summed E-state index contributed by atoms with van der Waals surface area (Å²) >= 11 is 11.0. The summed E-state index contributed by atoms with van der Waals surface area (Å²) in [7, 11) is 0. The maximum atomic E-state index is 5.98. The highest BCUT2D eigenvalue weighted by atomic mass is 79.9. The van der Waals surface area contributed by atoms with Gasteiger partial charge in [0.15, 0.2) is 0 Å². The molecular weight excluding hydrogens is 310 g/mol. The largest absolute Gasteiger partial charge is 0.486 e. The van der Waals surface area contributed by atoms with Gasteiger partial charge in [-0.3, -0.25) is 0 Å². The van der Waals surface area contributed by atoms with Gasteiger partial charge in [-0.1, -0.05) is 11.6 Å². The Labute approximate surface area is 111 Å². The van der Waals surface area contributed by atoms with Crippen molar-refractivity contribution in [1.29, 1.82) is 0 Å². The van der Waals surface area contributed by atoms with Gasteiger partial charge in [0, 0.05) is 16.6 Å². The van der Waals surface area contributed by atoms with Crippen LogP contribution < -0.4 is 10.5 Å². The molecule has 0 unspecified atom stereocenters. The molecule has 0 saturated carbocycles. The van der Waals surface area contributed by atoms with Crippen LogP contribution in [0.5, 0.6) is 5.75 Å². The van der Waals surface area contributed by atoms with Crippen LogP contribution in [0.3, 0.4) is 0 Å². The van der Waals surface area contributed by atoms with E-state index < -0.39 is 0 Å². The lowest BCUT2D eigenvalue weighted by molar-refractivity contribution is 0.310. The highest BCUT2D eigenvalue weighted by Crippen LogP contribution is 2.29. The van der Waals surface area contributed by atoms with Gasteiger partial charge in [0.2, 0.25) is 0 Å². The lowest BCUT2D eigenvalue weighted by Crippen LogP contribution is -1.94. The molecule has 2 aromatic rings. The van der Waals surface area contributed by atoms with Gasteiger partial charge in [0.1, 0.15) is 12.4 Å². The smallest absolute Gasteiger partial charge is 0.140 e. The zero-order valence-corrected chi connectivity index (χ0v) is 11.4. The van der Waals surface area contributed by atoms with Gasteiger partial charge >= 0.3 is 0 Å². The summed E-state index contributed by atoms with van der Waals surface area (Å²) in [6.45, 7) is 0.499. The van der Waals surface area contributed by atoms with Crippen molar-refractivity contribution in [3.8, 4) is 5.75 Å². The Bertz CT molecular complexity index is 500. The van der Waals surface area contributed by atoms with Crippen molar-refractivity contribution in [2.75, 3.05) is 5.73 Å². The van der Waals surface area contributed by atoms with Gasteiger partial charge in [0.25, 0.3) is 0 Å². The van der Waals surface area contributed by atoms with Gasteiger partial charge in [-0.2, -0.15) is 0 Å². The SMILES string of the molecule is Nc1ccc(Cl)c(OCc2ccc(Br)s2)c1. The number of halogens is 2. The minimum absolute atomic E-state index is 0.499. The predicted molar refractivity (Wildman–Crippen MR) is 72.2 cm³/mol. The molecular formula is C11H9BrClNOS. The number of hydrogen-bond acceptors (Lipinski definition) is 3. The van der Waals surface area contributed by atoms with E-state index in [0.29, 0.717) is 23.1 Å². The van der Waals surface area contributed by atoms with Crippen molar-refractivity contribution < 1.29 is 4.74 Å². The summed E-state index contributed by atoms with van der Waals surface area (Å²) in [5, 5.41) is 0.574. The Balaban J connectivity index is 2.07. The number of anilines is 1. The van der Waals surface area contributed by atoms with E-state index in [1.54, 1.807) is 29.5 Å². The van der Waals surface area contributed by atoms with Crippen LogP contribution in [0.2, 0.25) is 5.02 Å². The zero-order valence-electron chi connectivity index (χ0n) is 8.24. The highest BCUT2D eigenvalue weighted by molar-refractivity contribution is 9.11. The first-order chi connectivity index (χ1) is 7.65. The monoisotopic (exact) mass is 317 g/mol. The van der Waals surface area contributed by atoms with Gasteiger partial charge in [0.05, 0.1) is 8.81 Å². The average Bonchev–Trinajstić information content (AvgIpc) is 2.66. The van der Waals surface area contributed by atoms with Gasteiger partial charge < -0.3 is 10.5 Å². The number of nitrogen functional groups attached to an aromatic ring is 1. The number of hydrogen-bond donors (Lipinski definition) is 1. The first-order valence-corrected chi connectivity index (χ1v) is 6.56. The minimum atomic E-state index is 0.499. The fourth-order valence-corrected chi connectivity index (χ4v) is 2.78. The Morgan fingerprint density at radius 1 is 1.31 bits per heavy atom. The fraction of sp³-hybridized carbons (Fsp3) is 0.0909. The molecule has 0 fully saturated rings. The first kappa shape index (κ1) is 11.8. The molecule has 2 nitrogen and oxygen atoms in total. The second kappa shape index (κ2) is 5.08. The third-order valence-corrected chi connectivity index (χ3v) is 3.86. The van der Waals surface area contributed by atoms with Crippen LogP contribution in [0, 0.1) is 0 Å². The molecule has 2 N–H and O–H groups in total. The molecule has 0 radical (unpaired) electrons. The number of nitrogens with two attached hydrogens (primary N) is 1. The van der Waals surface area contributed by atoms with E-state index in [-0.39, 0.29) is 0 Å². The number of ether oxygens (including phenoxy) is 1. The molecule has 0 aliphatic rings. The fourth-order valence-electron chi connectivity index (χ4n) is 1.21. The van der Waals surface area contributed by atoms with Crippen molar-refractivity contribution in [1.82, 2.24) is 0 Å². The van der Waals surface area contributed by atoms with Crippen LogP contribution >= 0.6 is 38.9 Å². The number of thiophene rings is 1. The van der Waals surface area contributed by atoms with Crippen molar-refractivity contribution >= 4 is 44.6 Å². The molecule has 0 atom stereocenters. The molecule has 0 aliphatic carbocycles. The van der Waals surface area contributed by atoms with Crippen LogP contribution in [-0.4, -0.2) is 0 Å². The molecule has 1 aromatic heterocycles. The molecule has 84 valence electrons. The summed E-state index contributed by atoms with van der Waals surface area (Å²) in [5.74, 6) is 0.617. The van der Waals surface area contributed by atoms with Crippen LogP contribution in [-0.2, 0) is 6.61 Å². The summed E-state index contributed by atoms with van der Waals surface area (Å²) in [6, 6.07) is 9.21. The quantitative estimate of drug-likeness (QED) is 0.855. The molecule has 0 spiro atoms. The van der Waals surface area contributed by atoms with Crippen LogP contribution in [0.15, 0.2) is 34.1 Å². The van der Waals surface area contributed by atoms with E-state index >= 15 is 0 Å². The Kier molecular flexibility index (Phi) is 3.74. The third-order valence-electron chi connectivity index (χ3n) is 1.95. The average molecular weight is 319 g/mol. The summed E-state index contributed by atoms with van der Waals surface area (Å²) < 4.78 is 6.68. The maximum absolute atomic E-state index is 5.98. The molecule has 1 heterocycles. The molecule has 1 aromatic carbocycles. The lowest BCUT2D eigenvalue weighted by Gasteiger charge is -2.07. The van der Waals surface area contributed by atoms with E-state index in [1.165, 1.54) is 0 Å². The van der Waals surface area contributed by atoms with Crippen LogP contribution in [0.25, 0.3) is 0 Å². The summed E-state index contributed by atoms with van der Waals surface area (Å²) in [5.41, 5.74) is 6.30. The molecule has 0 saturated heterocycles. The van der Waals surface area contributed by atoms with Crippen LogP contribution in [0.1, 0.15) is 4.88 Å². The van der Waals surface area contributed by atoms with Crippen molar-refractivity contribution in [2.24, 2.45) is 0 Å². The van der Waals surface area contributed by atoms with Crippen molar-refractivity contribution in [3.05, 3.63) is 44.0 Å². The topological polar surface area (TPSA) is 35.2 Å².